The molecule has 64 valence electrons. The van der Waals surface area contributed by atoms with Gasteiger partial charge in [-0.15, -0.1) is 0 Å². The maximum atomic E-state index is 11.0. The zero-order valence-electron chi connectivity index (χ0n) is 6.16. The summed E-state index contributed by atoms with van der Waals surface area (Å²) >= 11 is 3.29. The maximum Gasteiger partial charge on any atom is 0.297 e. The largest absolute Gasteiger partial charge is 1.00 e. The Kier molecular flexibility index (Phi) is 4.96. The quantitative estimate of drug-likeness (QED) is 0.311. The summed E-state index contributed by atoms with van der Waals surface area (Å²) < 4.78 is 0. The van der Waals surface area contributed by atoms with Crippen molar-refractivity contribution in [3.63, 3.8) is 0 Å². The fraction of sp³-hybridized carbons (Fsp3) is 0.500. The van der Waals surface area contributed by atoms with Crippen LogP contribution in [0, 0.1) is 0 Å². The summed E-state index contributed by atoms with van der Waals surface area (Å²) in [5, 5.41) is 0.848. The molecule has 0 fully saturated rings. The predicted octanol–water partition coefficient (Wildman–Crippen LogP) is -3.34. The standard InChI is InChI=1S/C6H9BrN2O.BrH/c1-4-5(2-3-7)6(10)9-8-4;/h2-3H2,1H3,(H2,8,9,10);1H. The van der Waals surface area contributed by atoms with Gasteiger partial charge in [0.2, 0.25) is 0 Å². The number of nitrogens with two attached hydrogens (primary N) is 1. The van der Waals surface area contributed by atoms with Gasteiger partial charge in [0, 0.05) is 12.3 Å². The molecule has 1 rings (SSSR count). The molecule has 0 unspecified atom stereocenters. The molecule has 0 saturated carbocycles. The van der Waals surface area contributed by atoms with Crippen LogP contribution in [0.5, 0.6) is 0 Å². The van der Waals surface area contributed by atoms with Gasteiger partial charge >= 0.3 is 0 Å². The van der Waals surface area contributed by atoms with Crippen LogP contribution in [0.25, 0.3) is 0 Å². The van der Waals surface area contributed by atoms with Crippen molar-refractivity contribution in [1.29, 1.82) is 0 Å². The lowest BCUT2D eigenvalue weighted by Crippen LogP contribution is -3.00. The summed E-state index contributed by atoms with van der Waals surface area (Å²) in [5.41, 5.74) is 6.36. The van der Waals surface area contributed by atoms with E-state index >= 15 is 0 Å². The van der Waals surface area contributed by atoms with Gasteiger partial charge in [-0.25, -0.2) is 5.43 Å². The lowest BCUT2D eigenvalue weighted by atomic mass is 10.2. The number of nitrogens with one attached hydrogen (secondary N) is 1. The Hall–Kier alpha value is 0.130. The van der Waals surface area contributed by atoms with Crippen LogP contribution in [0.3, 0.4) is 0 Å². The van der Waals surface area contributed by atoms with Gasteiger partial charge in [-0.05, 0) is 6.42 Å². The number of carbonyl (C=O) groups is 1. The maximum absolute atomic E-state index is 11.0. The lowest BCUT2D eigenvalue weighted by molar-refractivity contribution is -0.646. The van der Waals surface area contributed by atoms with E-state index in [-0.39, 0.29) is 22.9 Å². The van der Waals surface area contributed by atoms with Gasteiger partial charge in [0.25, 0.3) is 5.91 Å². The smallest absolute Gasteiger partial charge is 0.297 e. The van der Waals surface area contributed by atoms with Gasteiger partial charge in [-0.2, -0.15) is 5.43 Å². The first-order valence-corrected chi connectivity index (χ1v) is 4.27. The highest BCUT2D eigenvalue weighted by Crippen LogP contribution is 2.07. The molecule has 3 N–H and O–H groups in total. The molecule has 1 heterocycles. The highest BCUT2D eigenvalue weighted by molar-refractivity contribution is 9.09. The van der Waals surface area contributed by atoms with E-state index in [9.17, 15) is 4.79 Å². The number of alkyl halides is 1. The van der Waals surface area contributed by atoms with E-state index in [0.29, 0.717) is 0 Å². The molecular formula is C6H10Br2N2O. The van der Waals surface area contributed by atoms with E-state index in [0.717, 1.165) is 23.0 Å². The van der Waals surface area contributed by atoms with Gasteiger partial charge in [-0.1, -0.05) is 15.9 Å². The molecule has 5 heteroatoms. The fourth-order valence-corrected chi connectivity index (χ4v) is 1.33. The molecule has 0 aromatic heterocycles. The molecular weight excluding hydrogens is 276 g/mol. The summed E-state index contributed by atoms with van der Waals surface area (Å²) in [7, 11) is 0. The second kappa shape index (κ2) is 4.90. The van der Waals surface area contributed by atoms with Gasteiger partial charge in [0.05, 0.1) is 5.57 Å². The third kappa shape index (κ3) is 2.57. The van der Waals surface area contributed by atoms with Crippen LogP contribution < -0.4 is 27.8 Å². The first-order chi connectivity index (χ1) is 4.75. The molecule has 0 aromatic carbocycles. The topological polar surface area (TPSA) is 45.7 Å². The van der Waals surface area contributed by atoms with Crippen molar-refractivity contribution in [1.82, 2.24) is 5.43 Å². The molecule has 0 saturated heterocycles. The van der Waals surface area contributed by atoms with Gasteiger partial charge in [-0.3, -0.25) is 4.79 Å². The van der Waals surface area contributed by atoms with E-state index in [1.165, 1.54) is 0 Å². The number of hydrogen-bond donors (Lipinski definition) is 2. The van der Waals surface area contributed by atoms with Crippen molar-refractivity contribution in [3.8, 4) is 0 Å². The average Bonchev–Trinajstić information content (AvgIpc) is 2.20. The van der Waals surface area contributed by atoms with Crippen LogP contribution in [0.15, 0.2) is 11.3 Å². The molecule has 0 spiro atoms. The van der Waals surface area contributed by atoms with Crippen molar-refractivity contribution in [3.05, 3.63) is 11.3 Å². The van der Waals surface area contributed by atoms with Crippen LogP contribution in [-0.2, 0) is 4.79 Å². The fourth-order valence-electron chi connectivity index (χ4n) is 0.932. The van der Waals surface area contributed by atoms with E-state index in [1.807, 2.05) is 6.92 Å². The number of allylic oxidation sites excluding steroid dienone is 1. The van der Waals surface area contributed by atoms with Crippen LogP contribution in [0.4, 0.5) is 0 Å². The number of rotatable bonds is 2. The second-order valence-corrected chi connectivity index (χ2v) is 3.01. The Morgan fingerprint density at radius 1 is 1.64 bits per heavy atom. The minimum absolute atomic E-state index is 0. The molecule has 0 atom stereocenters. The SMILES string of the molecule is CC1=C(CCBr)C(=O)N[NH2+]1.[Br-]. The van der Waals surface area contributed by atoms with Crippen molar-refractivity contribution in [2.24, 2.45) is 0 Å². The third-order valence-electron chi connectivity index (χ3n) is 1.51. The molecule has 11 heavy (non-hydrogen) atoms. The highest BCUT2D eigenvalue weighted by atomic mass is 79.9. The van der Waals surface area contributed by atoms with Gasteiger partial charge < -0.3 is 17.0 Å². The summed E-state index contributed by atoms with van der Waals surface area (Å²) in [6.07, 6.45) is 0.814. The molecule has 0 bridgehead atoms. The van der Waals surface area contributed by atoms with Crippen LogP contribution in [-0.4, -0.2) is 11.2 Å². The minimum atomic E-state index is 0. The molecule has 1 aliphatic rings. The van der Waals surface area contributed by atoms with Crippen molar-refractivity contribution in [2.75, 3.05) is 5.33 Å². The number of carbonyl (C=O) groups excluding carboxylic acids is 1. The van der Waals surface area contributed by atoms with E-state index in [1.54, 1.807) is 5.43 Å². The number of hydrogen-bond acceptors (Lipinski definition) is 1. The lowest BCUT2D eigenvalue weighted by Gasteiger charge is -1.89. The van der Waals surface area contributed by atoms with Crippen LogP contribution in [0.2, 0.25) is 0 Å². The van der Waals surface area contributed by atoms with E-state index in [4.69, 9.17) is 0 Å². The van der Waals surface area contributed by atoms with Crippen molar-refractivity contribution >= 4 is 21.8 Å². The normalized spacial score (nSPS) is 16.4. The Morgan fingerprint density at radius 2 is 2.27 bits per heavy atom. The zero-order valence-corrected chi connectivity index (χ0v) is 9.33. The summed E-state index contributed by atoms with van der Waals surface area (Å²) in [6, 6.07) is 0. The molecule has 1 aliphatic heterocycles. The number of amides is 1. The average molecular weight is 286 g/mol. The van der Waals surface area contributed by atoms with E-state index in [2.05, 4.69) is 21.4 Å². The summed E-state index contributed by atoms with van der Waals surface area (Å²) in [6.45, 7) is 1.94. The highest BCUT2D eigenvalue weighted by Gasteiger charge is 2.22. The summed E-state index contributed by atoms with van der Waals surface area (Å²) in [4.78, 5) is 11.0. The first kappa shape index (κ1) is 11.1. The summed E-state index contributed by atoms with van der Waals surface area (Å²) in [5.74, 6) is 0.0527. The number of halogens is 2. The molecule has 0 radical (unpaired) electrons. The molecule has 3 nitrogen and oxygen atoms in total. The Labute approximate surface area is 84.5 Å². The Bertz CT molecular complexity index is 191. The molecule has 0 aliphatic carbocycles. The second-order valence-electron chi connectivity index (χ2n) is 2.22. The van der Waals surface area contributed by atoms with Crippen LogP contribution >= 0.6 is 15.9 Å². The van der Waals surface area contributed by atoms with Gasteiger partial charge in [0.15, 0.2) is 0 Å². The monoisotopic (exact) mass is 284 g/mol. The third-order valence-corrected chi connectivity index (χ3v) is 1.91. The zero-order chi connectivity index (χ0) is 7.56. The molecule has 0 aromatic rings. The van der Waals surface area contributed by atoms with E-state index < -0.39 is 0 Å². The first-order valence-electron chi connectivity index (χ1n) is 3.15. The van der Waals surface area contributed by atoms with Gasteiger partial charge in [0.1, 0.15) is 5.70 Å². The van der Waals surface area contributed by atoms with Crippen LogP contribution in [0.1, 0.15) is 13.3 Å². The van der Waals surface area contributed by atoms with Crippen molar-refractivity contribution < 1.29 is 27.2 Å². The minimum Gasteiger partial charge on any atom is -1.00 e. The number of quaternary nitrogens is 1. The molecule has 1 amide bonds. The van der Waals surface area contributed by atoms with Crippen molar-refractivity contribution in [2.45, 2.75) is 13.3 Å². The Morgan fingerprint density at radius 3 is 2.64 bits per heavy atom. The Balaban J connectivity index is 0.000001000. The predicted molar refractivity (Wildman–Crippen MR) is 41.2 cm³/mol.